The molecule has 1 aromatic carbocycles. The Balaban J connectivity index is 1.65. The molecule has 0 atom stereocenters. The standard InChI is InChI=1S/C15H11N3O5/c19-12-5-7-16-9-17(12)8-6-13(20)23-18-14(21)10-3-1-2-4-11(10)15(18)22/h1-5,7,9H,6,8H2. The van der Waals surface area contributed by atoms with Crippen LogP contribution in [-0.4, -0.2) is 32.4 Å². The molecule has 0 N–H and O–H groups in total. The minimum atomic E-state index is -0.796. The van der Waals surface area contributed by atoms with Crippen molar-refractivity contribution in [2.45, 2.75) is 13.0 Å². The molecule has 0 saturated carbocycles. The third kappa shape index (κ3) is 2.73. The second-order valence-corrected chi connectivity index (χ2v) is 4.78. The summed E-state index contributed by atoms with van der Waals surface area (Å²) < 4.78 is 1.23. The van der Waals surface area contributed by atoms with Gasteiger partial charge in [-0.3, -0.25) is 19.0 Å². The first-order chi connectivity index (χ1) is 11.1. The summed E-state index contributed by atoms with van der Waals surface area (Å²) in [6.45, 7) is 0.0364. The number of nitrogens with zero attached hydrogens (tertiary/aromatic N) is 3. The van der Waals surface area contributed by atoms with Crippen LogP contribution in [0.1, 0.15) is 27.1 Å². The first-order valence-corrected chi connectivity index (χ1v) is 6.77. The number of rotatable bonds is 4. The molecule has 1 aliphatic rings. The van der Waals surface area contributed by atoms with Gasteiger partial charge in [0.05, 0.1) is 23.9 Å². The Hall–Kier alpha value is -3.29. The largest absolute Gasteiger partial charge is 0.335 e. The maximum Gasteiger partial charge on any atom is 0.335 e. The second-order valence-electron chi connectivity index (χ2n) is 4.78. The van der Waals surface area contributed by atoms with Crippen molar-refractivity contribution in [1.29, 1.82) is 0 Å². The number of fused-ring (bicyclic) bond motifs is 1. The lowest BCUT2D eigenvalue weighted by molar-refractivity contribution is -0.168. The summed E-state index contributed by atoms with van der Waals surface area (Å²) in [5.74, 6) is -2.16. The average molecular weight is 313 g/mol. The molecular weight excluding hydrogens is 302 g/mol. The van der Waals surface area contributed by atoms with Gasteiger partial charge in [0.15, 0.2) is 0 Å². The monoisotopic (exact) mass is 313 g/mol. The Labute approximate surface area is 129 Å². The minimum absolute atomic E-state index is 0.0364. The van der Waals surface area contributed by atoms with E-state index in [1.807, 2.05) is 0 Å². The highest BCUT2D eigenvalue weighted by Crippen LogP contribution is 2.22. The maximum atomic E-state index is 12.0. The number of aromatic nitrogens is 2. The fourth-order valence-corrected chi connectivity index (χ4v) is 2.16. The fourth-order valence-electron chi connectivity index (χ4n) is 2.16. The molecule has 2 heterocycles. The van der Waals surface area contributed by atoms with E-state index in [9.17, 15) is 19.2 Å². The van der Waals surface area contributed by atoms with Crippen molar-refractivity contribution in [3.05, 3.63) is 64.3 Å². The molecule has 2 aromatic rings. The summed E-state index contributed by atoms with van der Waals surface area (Å²) in [5, 5.41) is 0.443. The molecule has 0 radical (unpaired) electrons. The Kier molecular flexibility index (Phi) is 3.71. The van der Waals surface area contributed by atoms with Crippen LogP contribution in [0.15, 0.2) is 47.7 Å². The average Bonchev–Trinajstić information content (AvgIpc) is 2.80. The van der Waals surface area contributed by atoms with Gasteiger partial charge < -0.3 is 4.84 Å². The van der Waals surface area contributed by atoms with Gasteiger partial charge in [0.2, 0.25) is 0 Å². The SMILES string of the molecule is O=C(CCn1cnccc1=O)ON1C(=O)c2ccccc2C1=O. The van der Waals surface area contributed by atoms with Crippen molar-refractivity contribution in [1.82, 2.24) is 14.6 Å². The van der Waals surface area contributed by atoms with Crippen molar-refractivity contribution < 1.29 is 19.2 Å². The van der Waals surface area contributed by atoms with Crippen LogP contribution in [0.4, 0.5) is 0 Å². The van der Waals surface area contributed by atoms with Crippen LogP contribution < -0.4 is 5.56 Å². The van der Waals surface area contributed by atoms with E-state index in [0.29, 0.717) is 5.06 Å². The van der Waals surface area contributed by atoms with Crippen molar-refractivity contribution in [3.8, 4) is 0 Å². The molecule has 116 valence electrons. The van der Waals surface area contributed by atoms with Crippen molar-refractivity contribution >= 4 is 17.8 Å². The Morgan fingerprint density at radius 2 is 1.70 bits per heavy atom. The van der Waals surface area contributed by atoms with Crippen molar-refractivity contribution in [3.63, 3.8) is 0 Å². The number of hydrogen-bond acceptors (Lipinski definition) is 6. The highest BCUT2D eigenvalue weighted by molar-refractivity contribution is 6.20. The molecule has 0 bridgehead atoms. The molecule has 0 unspecified atom stereocenters. The molecule has 0 spiro atoms. The minimum Gasteiger partial charge on any atom is -0.330 e. The number of amides is 2. The lowest BCUT2D eigenvalue weighted by atomic mass is 10.1. The van der Waals surface area contributed by atoms with Crippen LogP contribution in [0, 0.1) is 0 Å². The van der Waals surface area contributed by atoms with Gasteiger partial charge in [0, 0.05) is 18.8 Å². The van der Waals surface area contributed by atoms with Crippen molar-refractivity contribution in [2.75, 3.05) is 0 Å². The zero-order valence-electron chi connectivity index (χ0n) is 11.8. The van der Waals surface area contributed by atoms with E-state index in [4.69, 9.17) is 4.84 Å². The van der Waals surface area contributed by atoms with E-state index in [0.717, 1.165) is 0 Å². The summed E-state index contributed by atoms with van der Waals surface area (Å²) in [5.41, 5.74) is 0.0658. The van der Waals surface area contributed by atoms with Crippen LogP contribution in [0.25, 0.3) is 0 Å². The highest BCUT2D eigenvalue weighted by atomic mass is 16.7. The number of benzene rings is 1. The zero-order chi connectivity index (χ0) is 16.4. The van der Waals surface area contributed by atoms with Gasteiger partial charge in [-0.05, 0) is 12.1 Å². The van der Waals surface area contributed by atoms with E-state index < -0.39 is 17.8 Å². The summed E-state index contributed by atoms with van der Waals surface area (Å²) in [6, 6.07) is 7.46. The van der Waals surface area contributed by atoms with Crippen LogP contribution in [0.5, 0.6) is 0 Å². The molecule has 8 nitrogen and oxygen atoms in total. The topological polar surface area (TPSA) is 98.6 Å². The van der Waals surface area contributed by atoms with Gasteiger partial charge >= 0.3 is 5.97 Å². The summed E-state index contributed by atoms with van der Waals surface area (Å²) in [7, 11) is 0. The molecule has 0 aliphatic carbocycles. The molecule has 3 rings (SSSR count). The smallest absolute Gasteiger partial charge is 0.330 e. The van der Waals surface area contributed by atoms with E-state index >= 15 is 0 Å². The summed E-state index contributed by atoms with van der Waals surface area (Å²) in [6.07, 6.45) is 2.45. The van der Waals surface area contributed by atoms with Crippen LogP contribution in [-0.2, 0) is 16.2 Å². The summed E-state index contributed by atoms with van der Waals surface area (Å²) >= 11 is 0. The number of hydroxylamine groups is 2. The van der Waals surface area contributed by atoms with Gasteiger partial charge in [0.1, 0.15) is 0 Å². The molecule has 0 saturated heterocycles. The van der Waals surface area contributed by atoms with E-state index in [1.54, 1.807) is 12.1 Å². The molecular formula is C15H11N3O5. The number of imide groups is 1. The van der Waals surface area contributed by atoms with Crippen LogP contribution in [0.3, 0.4) is 0 Å². The third-order valence-corrected chi connectivity index (χ3v) is 3.30. The molecule has 8 heteroatoms. The predicted molar refractivity (Wildman–Crippen MR) is 76.1 cm³/mol. The van der Waals surface area contributed by atoms with Gasteiger partial charge in [-0.15, -0.1) is 0 Å². The Bertz CT molecular complexity index is 823. The zero-order valence-corrected chi connectivity index (χ0v) is 11.8. The molecule has 2 amide bonds. The van der Waals surface area contributed by atoms with Crippen molar-refractivity contribution in [2.24, 2.45) is 0 Å². The third-order valence-electron chi connectivity index (χ3n) is 3.30. The molecule has 23 heavy (non-hydrogen) atoms. The number of carbonyl (C=O) groups excluding carboxylic acids is 3. The quantitative estimate of drug-likeness (QED) is 0.757. The normalized spacial score (nSPS) is 13.1. The first-order valence-electron chi connectivity index (χ1n) is 6.77. The molecule has 0 fully saturated rings. The van der Waals surface area contributed by atoms with Gasteiger partial charge in [-0.1, -0.05) is 17.2 Å². The Morgan fingerprint density at radius 3 is 2.30 bits per heavy atom. The van der Waals surface area contributed by atoms with Gasteiger partial charge in [-0.25, -0.2) is 9.78 Å². The van der Waals surface area contributed by atoms with Crippen LogP contribution in [0.2, 0.25) is 0 Å². The Morgan fingerprint density at radius 1 is 1.04 bits per heavy atom. The predicted octanol–water partition coefficient (Wildman–Crippen LogP) is 0.388. The second kappa shape index (κ2) is 5.84. The van der Waals surface area contributed by atoms with E-state index in [2.05, 4.69) is 4.98 Å². The number of carbonyl (C=O) groups is 3. The van der Waals surface area contributed by atoms with E-state index in [-0.39, 0.29) is 29.7 Å². The van der Waals surface area contributed by atoms with E-state index in [1.165, 1.54) is 35.3 Å². The highest BCUT2D eigenvalue weighted by Gasteiger charge is 2.38. The fraction of sp³-hybridized carbons (Fsp3) is 0.133. The lowest BCUT2D eigenvalue weighted by Gasteiger charge is -2.12. The number of aryl methyl sites for hydroxylation is 1. The maximum absolute atomic E-state index is 12.0. The lowest BCUT2D eigenvalue weighted by Crippen LogP contribution is -2.33. The molecule has 1 aliphatic heterocycles. The van der Waals surface area contributed by atoms with Crippen LogP contribution >= 0.6 is 0 Å². The molecule has 1 aromatic heterocycles. The van der Waals surface area contributed by atoms with Gasteiger partial charge in [-0.2, -0.15) is 0 Å². The number of hydrogen-bond donors (Lipinski definition) is 0. The van der Waals surface area contributed by atoms with Gasteiger partial charge in [0.25, 0.3) is 17.4 Å². The summed E-state index contributed by atoms with van der Waals surface area (Å²) in [4.78, 5) is 56.0. The first kappa shape index (κ1) is 14.6.